The SMILES string of the molecule is CC(C)OC(=O)C1C2C(CC[C@@]3(C)C2CC[C@@]3(O)CCC(=O)O)[C@@]2(C)CCC(=O)C=C2[C@@H]1O. The van der Waals surface area contributed by atoms with Crippen molar-refractivity contribution in [2.45, 2.75) is 96.9 Å². The fraction of sp³-hybridized carbons (Fsp3) is 0.808. The zero-order valence-electron chi connectivity index (χ0n) is 20.2. The summed E-state index contributed by atoms with van der Waals surface area (Å²) in [7, 11) is 0. The molecule has 0 saturated heterocycles. The zero-order valence-corrected chi connectivity index (χ0v) is 20.2. The number of aliphatic hydroxyl groups is 2. The average Bonchev–Trinajstić information content (AvgIpc) is 2.99. The smallest absolute Gasteiger partial charge is 0.312 e. The van der Waals surface area contributed by atoms with Crippen LogP contribution in [-0.4, -0.2) is 50.9 Å². The molecular weight excluding hydrogens is 424 g/mol. The van der Waals surface area contributed by atoms with Crippen LogP contribution in [0.3, 0.4) is 0 Å². The van der Waals surface area contributed by atoms with Crippen LogP contribution < -0.4 is 0 Å². The molecule has 184 valence electrons. The third-order valence-corrected chi connectivity index (χ3v) is 9.79. The Morgan fingerprint density at radius 1 is 1.15 bits per heavy atom. The lowest BCUT2D eigenvalue weighted by molar-refractivity contribution is -0.185. The maximum atomic E-state index is 13.4. The van der Waals surface area contributed by atoms with Crippen molar-refractivity contribution in [1.29, 1.82) is 0 Å². The van der Waals surface area contributed by atoms with Crippen LogP contribution in [0.1, 0.15) is 79.1 Å². The van der Waals surface area contributed by atoms with Gasteiger partial charge in [-0.25, -0.2) is 0 Å². The number of aliphatic carboxylic acids is 1. The highest BCUT2D eigenvalue weighted by Gasteiger charge is 2.68. The van der Waals surface area contributed by atoms with Gasteiger partial charge in [0.1, 0.15) is 0 Å². The van der Waals surface area contributed by atoms with E-state index in [0.717, 1.165) is 12.8 Å². The number of ether oxygens (including phenoxy) is 1. The molecule has 7 nitrogen and oxygen atoms in total. The largest absolute Gasteiger partial charge is 0.481 e. The van der Waals surface area contributed by atoms with Crippen LogP contribution in [0.15, 0.2) is 11.6 Å². The molecule has 4 rings (SSSR count). The predicted octanol–water partition coefficient (Wildman–Crippen LogP) is 3.26. The van der Waals surface area contributed by atoms with Crippen molar-refractivity contribution in [3.63, 3.8) is 0 Å². The highest BCUT2D eigenvalue weighted by molar-refractivity contribution is 5.92. The Bertz CT molecular complexity index is 878. The van der Waals surface area contributed by atoms with Gasteiger partial charge >= 0.3 is 11.9 Å². The maximum Gasteiger partial charge on any atom is 0.312 e. The molecule has 33 heavy (non-hydrogen) atoms. The summed E-state index contributed by atoms with van der Waals surface area (Å²) in [6, 6.07) is 0. The number of carboxylic acid groups (broad SMARTS) is 1. The first-order valence-corrected chi connectivity index (χ1v) is 12.4. The second kappa shape index (κ2) is 8.19. The number of aliphatic hydroxyl groups excluding tert-OH is 1. The maximum absolute atomic E-state index is 13.4. The number of carbonyl (C=O) groups excluding carboxylic acids is 2. The van der Waals surface area contributed by atoms with Crippen LogP contribution in [0.2, 0.25) is 0 Å². The monoisotopic (exact) mass is 462 g/mol. The van der Waals surface area contributed by atoms with Gasteiger partial charge < -0.3 is 20.1 Å². The molecule has 4 aliphatic carbocycles. The van der Waals surface area contributed by atoms with Crippen molar-refractivity contribution in [2.24, 2.45) is 34.5 Å². The first-order valence-electron chi connectivity index (χ1n) is 12.4. The Balaban J connectivity index is 1.78. The summed E-state index contributed by atoms with van der Waals surface area (Å²) in [5, 5.41) is 32.4. The van der Waals surface area contributed by atoms with Crippen molar-refractivity contribution >= 4 is 17.7 Å². The summed E-state index contributed by atoms with van der Waals surface area (Å²) < 4.78 is 5.61. The van der Waals surface area contributed by atoms with Gasteiger partial charge in [0, 0.05) is 12.8 Å². The van der Waals surface area contributed by atoms with Crippen LogP contribution in [0.25, 0.3) is 0 Å². The molecule has 4 unspecified atom stereocenters. The molecule has 0 aliphatic heterocycles. The number of esters is 1. The molecule has 0 heterocycles. The van der Waals surface area contributed by atoms with Crippen molar-refractivity contribution in [3.05, 3.63) is 11.6 Å². The minimum Gasteiger partial charge on any atom is -0.481 e. The highest BCUT2D eigenvalue weighted by Crippen LogP contribution is 2.69. The number of ketones is 1. The summed E-state index contributed by atoms with van der Waals surface area (Å²) in [5.41, 5.74) is -1.37. The molecule has 8 atom stereocenters. The standard InChI is InChI=1S/C26H38O7/c1-14(2)33-23(31)21-20-16(24(3)9-5-15(27)13-18(24)22(21)30)6-10-25(4)17(20)7-11-26(25,32)12-8-19(28)29/h13-14,16-17,20-22,30,32H,5-12H2,1-4H3,(H,28,29)/t16?,17?,20?,21?,22-,24+,25-,26+/m0/s1. The Kier molecular flexibility index (Phi) is 6.06. The minimum absolute atomic E-state index is 0.0134. The van der Waals surface area contributed by atoms with E-state index in [9.17, 15) is 29.7 Å². The third-order valence-electron chi connectivity index (χ3n) is 9.79. The molecular formula is C26H38O7. The summed E-state index contributed by atoms with van der Waals surface area (Å²) in [6.45, 7) is 7.72. The Hall–Kier alpha value is -1.73. The molecule has 3 saturated carbocycles. The molecule has 0 aromatic rings. The number of fused-ring (bicyclic) bond motifs is 5. The molecule has 0 amide bonds. The second-order valence-corrected chi connectivity index (χ2v) is 11.7. The average molecular weight is 463 g/mol. The predicted molar refractivity (Wildman–Crippen MR) is 120 cm³/mol. The fourth-order valence-corrected chi connectivity index (χ4v) is 8.04. The number of carboxylic acids is 1. The first-order chi connectivity index (χ1) is 15.3. The lowest BCUT2D eigenvalue weighted by Crippen LogP contribution is -2.61. The van der Waals surface area contributed by atoms with Gasteiger partial charge in [-0.3, -0.25) is 14.4 Å². The van der Waals surface area contributed by atoms with Crippen LogP contribution in [0.5, 0.6) is 0 Å². The number of hydrogen-bond acceptors (Lipinski definition) is 6. The lowest BCUT2D eigenvalue weighted by Gasteiger charge is -2.61. The van der Waals surface area contributed by atoms with Gasteiger partial charge in [-0.2, -0.15) is 0 Å². The van der Waals surface area contributed by atoms with Crippen molar-refractivity contribution in [3.8, 4) is 0 Å². The molecule has 0 radical (unpaired) electrons. The lowest BCUT2D eigenvalue weighted by atomic mass is 9.43. The number of carbonyl (C=O) groups is 3. The molecule has 3 fully saturated rings. The number of rotatable bonds is 5. The second-order valence-electron chi connectivity index (χ2n) is 11.7. The minimum atomic E-state index is -1.11. The van der Waals surface area contributed by atoms with E-state index in [0.29, 0.717) is 31.3 Å². The van der Waals surface area contributed by atoms with E-state index in [1.54, 1.807) is 19.9 Å². The van der Waals surface area contributed by atoms with E-state index < -0.39 is 35.0 Å². The summed E-state index contributed by atoms with van der Waals surface area (Å²) in [6.07, 6.45) is 3.97. The molecule has 4 aliphatic rings. The van der Waals surface area contributed by atoms with Crippen molar-refractivity contribution in [1.82, 2.24) is 0 Å². The summed E-state index contributed by atoms with van der Waals surface area (Å²) in [4.78, 5) is 36.9. The van der Waals surface area contributed by atoms with Gasteiger partial charge in [0.15, 0.2) is 5.78 Å². The van der Waals surface area contributed by atoms with Crippen molar-refractivity contribution < 1.29 is 34.4 Å². The van der Waals surface area contributed by atoms with Gasteiger partial charge in [-0.05, 0) is 92.6 Å². The van der Waals surface area contributed by atoms with Crippen molar-refractivity contribution in [2.75, 3.05) is 0 Å². The van der Waals surface area contributed by atoms with Crippen LogP contribution in [0, 0.1) is 34.5 Å². The molecule has 7 heteroatoms. The summed E-state index contributed by atoms with van der Waals surface area (Å²) >= 11 is 0. The summed E-state index contributed by atoms with van der Waals surface area (Å²) in [5.74, 6) is -2.33. The Morgan fingerprint density at radius 2 is 1.82 bits per heavy atom. The Morgan fingerprint density at radius 3 is 2.45 bits per heavy atom. The topological polar surface area (TPSA) is 121 Å². The van der Waals surface area contributed by atoms with E-state index in [4.69, 9.17) is 4.74 Å². The zero-order chi connectivity index (χ0) is 24.3. The van der Waals surface area contributed by atoms with Gasteiger partial charge in [0.2, 0.25) is 0 Å². The highest BCUT2D eigenvalue weighted by atomic mass is 16.5. The molecule has 0 bridgehead atoms. The molecule has 0 spiro atoms. The fourth-order valence-electron chi connectivity index (χ4n) is 8.04. The van der Waals surface area contributed by atoms with E-state index >= 15 is 0 Å². The quantitative estimate of drug-likeness (QED) is 0.536. The first kappa shape index (κ1) is 24.4. The van der Waals surface area contributed by atoms with Gasteiger partial charge in [-0.15, -0.1) is 0 Å². The number of hydrogen-bond donors (Lipinski definition) is 3. The van der Waals surface area contributed by atoms with Crippen LogP contribution >= 0.6 is 0 Å². The van der Waals surface area contributed by atoms with E-state index in [2.05, 4.69) is 6.92 Å². The van der Waals surface area contributed by atoms with Crippen LogP contribution in [0.4, 0.5) is 0 Å². The van der Waals surface area contributed by atoms with Crippen LogP contribution in [-0.2, 0) is 19.1 Å². The van der Waals surface area contributed by atoms with Gasteiger partial charge in [-0.1, -0.05) is 13.8 Å². The molecule has 0 aromatic heterocycles. The van der Waals surface area contributed by atoms with Gasteiger partial charge in [0.05, 0.1) is 23.7 Å². The van der Waals surface area contributed by atoms with E-state index in [-0.39, 0.29) is 47.9 Å². The molecule has 3 N–H and O–H groups in total. The van der Waals surface area contributed by atoms with Gasteiger partial charge in [0.25, 0.3) is 0 Å². The normalized spacial score (nSPS) is 44.5. The van der Waals surface area contributed by atoms with E-state index in [1.165, 1.54) is 0 Å². The Labute approximate surface area is 195 Å². The third kappa shape index (κ3) is 3.66. The molecule has 0 aromatic carbocycles. The van der Waals surface area contributed by atoms with E-state index in [1.807, 2.05) is 6.92 Å².